The van der Waals surface area contributed by atoms with E-state index in [4.69, 9.17) is 16.3 Å². The second-order valence-electron chi connectivity index (χ2n) is 3.49. The van der Waals surface area contributed by atoms with E-state index in [1.54, 1.807) is 7.11 Å². The van der Waals surface area contributed by atoms with Crippen LogP contribution in [0.4, 0.5) is 0 Å². The Morgan fingerprint density at radius 3 is 2.94 bits per heavy atom. The summed E-state index contributed by atoms with van der Waals surface area (Å²) in [7, 11) is 1.67. The second-order valence-corrected chi connectivity index (χ2v) is 3.76. The molecule has 0 saturated carbocycles. The molecule has 0 amide bonds. The van der Waals surface area contributed by atoms with E-state index in [2.05, 4.69) is 5.10 Å². The Bertz CT molecular complexity index is 468. The highest BCUT2D eigenvalue weighted by Crippen LogP contribution is 2.13. The molecule has 0 saturated heterocycles. The van der Waals surface area contributed by atoms with Gasteiger partial charge in [-0.2, -0.15) is 5.10 Å². The molecule has 16 heavy (non-hydrogen) atoms. The summed E-state index contributed by atoms with van der Waals surface area (Å²) in [6, 6.07) is 9.87. The van der Waals surface area contributed by atoms with E-state index in [1.807, 2.05) is 41.2 Å². The fraction of sp³-hybridized carbons (Fsp3) is 0.250. The van der Waals surface area contributed by atoms with Crippen molar-refractivity contribution in [2.75, 3.05) is 7.11 Å². The first kappa shape index (κ1) is 11.0. The van der Waals surface area contributed by atoms with Gasteiger partial charge in [-0.15, -0.1) is 11.6 Å². The summed E-state index contributed by atoms with van der Waals surface area (Å²) in [5.74, 6) is 1.31. The molecule has 0 aliphatic carbocycles. The molecule has 4 heteroatoms. The highest BCUT2D eigenvalue weighted by Gasteiger charge is 2.00. The zero-order valence-corrected chi connectivity index (χ0v) is 9.81. The normalized spacial score (nSPS) is 10.4. The predicted octanol–water partition coefficient (Wildman–Crippen LogP) is 2.68. The summed E-state index contributed by atoms with van der Waals surface area (Å²) in [4.78, 5) is 0. The Kier molecular flexibility index (Phi) is 3.47. The summed E-state index contributed by atoms with van der Waals surface area (Å²) in [6.07, 6.45) is 1.93. The molecule has 2 aromatic rings. The largest absolute Gasteiger partial charge is 0.497 e. The number of ether oxygens (including phenoxy) is 1. The first-order valence-corrected chi connectivity index (χ1v) is 5.56. The van der Waals surface area contributed by atoms with Gasteiger partial charge < -0.3 is 4.74 Å². The van der Waals surface area contributed by atoms with Gasteiger partial charge in [0.25, 0.3) is 0 Å². The second kappa shape index (κ2) is 5.03. The summed E-state index contributed by atoms with van der Waals surface area (Å²) in [6.45, 7) is 0.730. The Morgan fingerprint density at radius 2 is 2.25 bits per heavy atom. The predicted molar refractivity (Wildman–Crippen MR) is 63.9 cm³/mol. The third kappa shape index (κ3) is 2.55. The molecule has 1 heterocycles. The number of halogens is 1. The molecule has 3 nitrogen and oxygen atoms in total. The van der Waals surface area contributed by atoms with Crippen molar-refractivity contribution in [3.63, 3.8) is 0 Å². The molecule has 0 radical (unpaired) electrons. The molecule has 0 spiro atoms. The van der Waals surface area contributed by atoms with E-state index < -0.39 is 0 Å². The zero-order valence-electron chi connectivity index (χ0n) is 9.06. The van der Waals surface area contributed by atoms with Crippen LogP contribution < -0.4 is 4.74 Å². The van der Waals surface area contributed by atoms with Crippen LogP contribution in [0.25, 0.3) is 0 Å². The fourth-order valence-electron chi connectivity index (χ4n) is 1.52. The molecule has 0 bridgehead atoms. The molecule has 0 aliphatic heterocycles. The highest BCUT2D eigenvalue weighted by atomic mass is 35.5. The van der Waals surface area contributed by atoms with Gasteiger partial charge in [-0.05, 0) is 23.8 Å². The lowest BCUT2D eigenvalue weighted by Crippen LogP contribution is -2.01. The highest BCUT2D eigenvalue weighted by molar-refractivity contribution is 6.16. The zero-order chi connectivity index (χ0) is 11.4. The van der Waals surface area contributed by atoms with E-state index in [-0.39, 0.29) is 0 Å². The van der Waals surface area contributed by atoms with Crippen molar-refractivity contribution < 1.29 is 4.74 Å². The van der Waals surface area contributed by atoms with Gasteiger partial charge in [0, 0.05) is 6.20 Å². The van der Waals surface area contributed by atoms with Gasteiger partial charge in [-0.1, -0.05) is 12.1 Å². The van der Waals surface area contributed by atoms with Crippen molar-refractivity contribution in [3.05, 3.63) is 47.8 Å². The average molecular weight is 237 g/mol. The first-order valence-electron chi connectivity index (χ1n) is 5.03. The Labute approximate surface area is 99.6 Å². The average Bonchev–Trinajstić information content (AvgIpc) is 2.77. The summed E-state index contributed by atoms with van der Waals surface area (Å²) in [5.41, 5.74) is 2.05. The van der Waals surface area contributed by atoms with Gasteiger partial charge in [-0.25, -0.2) is 0 Å². The van der Waals surface area contributed by atoms with Gasteiger partial charge in [0.15, 0.2) is 0 Å². The van der Waals surface area contributed by atoms with E-state index in [0.29, 0.717) is 5.88 Å². The van der Waals surface area contributed by atoms with Gasteiger partial charge in [0.1, 0.15) is 5.75 Å². The number of aromatic nitrogens is 2. The summed E-state index contributed by atoms with van der Waals surface area (Å²) in [5, 5.41) is 4.32. The molecule has 0 aliphatic rings. The van der Waals surface area contributed by atoms with Crippen LogP contribution in [-0.4, -0.2) is 16.9 Å². The maximum absolute atomic E-state index is 5.70. The molecule has 84 valence electrons. The van der Waals surface area contributed by atoms with E-state index in [0.717, 1.165) is 23.6 Å². The number of hydrogen-bond acceptors (Lipinski definition) is 2. The van der Waals surface area contributed by atoms with Crippen molar-refractivity contribution in [2.45, 2.75) is 12.4 Å². The van der Waals surface area contributed by atoms with Crippen LogP contribution >= 0.6 is 11.6 Å². The lowest BCUT2D eigenvalue weighted by atomic mass is 10.2. The van der Waals surface area contributed by atoms with E-state index in [9.17, 15) is 0 Å². The topological polar surface area (TPSA) is 27.1 Å². The molecule has 2 rings (SSSR count). The van der Waals surface area contributed by atoms with Crippen molar-refractivity contribution >= 4 is 11.6 Å². The molecule has 0 N–H and O–H groups in total. The van der Waals surface area contributed by atoms with E-state index in [1.165, 1.54) is 0 Å². The Balaban J connectivity index is 2.13. The van der Waals surface area contributed by atoms with Gasteiger partial charge in [-0.3, -0.25) is 4.68 Å². The molecule has 1 aromatic carbocycles. The number of hydrogen-bond donors (Lipinski definition) is 0. The van der Waals surface area contributed by atoms with Crippen LogP contribution in [0.2, 0.25) is 0 Å². The maximum atomic E-state index is 5.70. The molecule has 0 atom stereocenters. The number of nitrogens with zero attached hydrogens (tertiary/aromatic N) is 2. The van der Waals surface area contributed by atoms with Crippen molar-refractivity contribution in [3.8, 4) is 5.75 Å². The summed E-state index contributed by atoms with van der Waals surface area (Å²) < 4.78 is 7.04. The number of rotatable bonds is 4. The molecule has 1 aromatic heterocycles. The Hall–Kier alpha value is -1.48. The van der Waals surface area contributed by atoms with Crippen LogP contribution in [0.5, 0.6) is 5.75 Å². The number of benzene rings is 1. The van der Waals surface area contributed by atoms with Crippen LogP contribution in [0.1, 0.15) is 11.3 Å². The van der Waals surface area contributed by atoms with Crippen LogP contribution in [0, 0.1) is 0 Å². The van der Waals surface area contributed by atoms with Gasteiger partial charge >= 0.3 is 0 Å². The quantitative estimate of drug-likeness (QED) is 0.764. The SMILES string of the molecule is COc1cccc(Cn2ccc(CCl)n2)c1. The first-order chi connectivity index (χ1) is 7.81. The molecule has 0 unspecified atom stereocenters. The van der Waals surface area contributed by atoms with Crippen molar-refractivity contribution in [2.24, 2.45) is 0 Å². The third-order valence-corrected chi connectivity index (χ3v) is 2.59. The van der Waals surface area contributed by atoms with Gasteiger partial charge in [0.2, 0.25) is 0 Å². The number of methoxy groups -OCH3 is 1. The monoisotopic (exact) mass is 236 g/mol. The van der Waals surface area contributed by atoms with Crippen LogP contribution in [0.15, 0.2) is 36.5 Å². The molecular weight excluding hydrogens is 224 g/mol. The summed E-state index contributed by atoms with van der Waals surface area (Å²) >= 11 is 5.70. The lowest BCUT2D eigenvalue weighted by molar-refractivity contribution is 0.414. The minimum absolute atomic E-state index is 0.450. The minimum atomic E-state index is 0.450. The molecule has 0 fully saturated rings. The minimum Gasteiger partial charge on any atom is -0.497 e. The lowest BCUT2D eigenvalue weighted by Gasteiger charge is -2.04. The molecular formula is C12H13ClN2O. The smallest absolute Gasteiger partial charge is 0.119 e. The maximum Gasteiger partial charge on any atom is 0.119 e. The third-order valence-electron chi connectivity index (χ3n) is 2.31. The Morgan fingerprint density at radius 1 is 1.38 bits per heavy atom. The van der Waals surface area contributed by atoms with Gasteiger partial charge in [0.05, 0.1) is 25.2 Å². The number of alkyl halides is 1. The van der Waals surface area contributed by atoms with Crippen molar-refractivity contribution in [1.29, 1.82) is 0 Å². The van der Waals surface area contributed by atoms with Crippen molar-refractivity contribution in [1.82, 2.24) is 9.78 Å². The van der Waals surface area contributed by atoms with Crippen LogP contribution in [-0.2, 0) is 12.4 Å². The standard InChI is InChI=1S/C12H13ClN2O/c1-16-12-4-2-3-10(7-12)9-15-6-5-11(8-13)14-15/h2-7H,8-9H2,1H3. The fourth-order valence-corrected chi connectivity index (χ4v) is 1.66. The van der Waals surface area contributed by atoms with Crippen LogP contribution in [0.3, 0.4) is 0 Å². The van der Waals surface area contributed by atoms with E-state index >= 15 is 0 Å².